The maximum absolute atomic E-state index is 14.3. The Hall–Kier alpha value is -2.63. The van der Waals surface area contributed by atoms with Crippen LogP contribution in [-0.4, -0.2) is 31.1 Å². The number of methoxy groups -OCH3 is 1. The predicted octanol–water partition coefficient (Wildman–Crippen LogP) is 9.89. The van der Waals surface area contributed by atoms with Crippen molar-refractivity contribution in [3.63, 3.8) is 0 Å². The van der Waals surface area contributed by atoms with Crippen molar-refractivity contribution in [3.05, 3.63) is 48.0 Å². The van der Waals surface area contributed by atoms with Crippen LogP contribution in [0.5, 0.6) is 0 Å². The van der Waals surface area contributed by atoms with Crippen LogP contribution in [0.4, 0.5) is 0 Å². The molecule has 5 aliphatic rings. The van der Waals surface area contributed by atoms with Crippen molar-refractivity contribution in [2.45, 2.75) is 139 Å². The van der Waals surface area contributed by atoms with Crippen LogP contribution in [0.3, 0.4) is 0 Å². The molecule has 10 atom stereocenters. The molecule has 5 aliphatic carbocycles. The van der Waals surface area contributed by atoms with Crippen molar-refractivity contribution in [2.75, 3.05) is 7.11 Å². The normalized spacial score (nSPS) is 40.3. The summed E-state index contributed by atoms with van der Waals surface area (Å²) in [7, 11) is 1.36. The van der Waals surface area contributed by atoms with E-state index in [0.717, 1.165) is 63.4 Å². The lowest BCUT2D eigenvalue weighted by atomic mass is 9.32. The molecule has 0 heterocycles. The van der Waals surface area contributed by atoms with E-state index in [9.17, 15) is 14.4 Å². The number of carbonyl (C=O) groups excluding carboxylic acids is 3. The van der Waals surface area contributed by atoms with Crippen molar-refractivity contribution in [3.8, 4) is 0 Å². The van der Waals surface area contributed by atoms with Gasteiger partial charge in [0.2, 0.25) is 0 Å². The molecule has 0 N–H and O–H groups in total. The Morgan fingerprint density at radius 3 is 2.20 bits per heavy atom. The van der Waals surface area contributed by atoms with E-state index < -0.39 is 16.8 Å². The maximum Gasteiger partial charge on any atom is 0.312 e. The molecule has 0 aromatic heterocycles. The first-order chi connectivity index (χ1) is 23.4. The lowest BCUT2D eigenvalue weighted by molar-refractivity contribution is -0.251. The number of fused-ring (bicyclic) bond motifs is 7. The zero-order valence-electron chi connectivity index (χ0n) is 32.5. The molecule has 50 heavy (non-hydrogen) atoms. The highest BCUT2D eigenvalue weighted by Crippen LogP contribution is 2.77. The van der Waals surface area contributed by atoms with Gasteiger partial charge in [-0.2, -0.15) is 0 Å². The van der Waals surface area contributed by atoms with Crippen LogP contribution in [0.1, 0.15) is 132 Å². The van der Waals surface area contributed by atoms with Gasteiger partial charge in [0.1, 0.15) is 12.7 Å². The molecule has 276 valence electrons. The Bertz CT molecular complexity index is 1490. The van der Waals surface area contributed by atoms with Gasteiger partial charge < -0.3 is 14.2 Å². The van der Waals surface area contributed by atoms with Gasteiger partial charge in [0, 0.05) is 5.41 Å². The summed E-state index contributed by atoms with van der Waals surface area (Å²) < 4.78 is 17.4. The molecule has 6 heteroatoms. The van der Waals surface area contributed by atoms with E-state index in [0.29, 0.717) is 30.3 Å². The molecule has 0 aliphatic heterocycles. The third-order valence-corrected chi connectivity index (χ3v) is 16.2. The number of benzene rings is 1. The van der Waals surface area contributed by atoms with E-state index in [2.05, 4.69) is 48.1 Å². The van der Waals surface area contributed by atoms with E-state index in [1.807, 2.05) is 30.3 Å². The first-order valence-electron chi connectivity index (χ1n) is 19.5. The second kappa shape index (κ2) is 12.8. The maximum atomic E-state index is 14.3. The molecule has 1 aromatic rings. The SMILES string of the molecule is C=C(C)[C@@H]1CC[C@]2(C(=O)OCc3ccccc3)CC[C@]3(C)C(CCC4[C@@]5(C)CC[C@H](OC(=O)CC(C)(C)C(=O)OC)C(C)(C)C5CC[C@]43C)C12. The first-order valence-corrected chi connectivity index (χ1v) is 19.5. The predicted molar refractivity (Wildman–Crippen MR) is 196 cm³/mol. The average molecular weight is 689 g/mol. The highest BCUT2D eigenvalue weighted by Gasteiger charge is 2.72. The third-order valence-electron chi connectivity index (χ3n) is 16.2. The Kier molecular flexibility index (Phi) is 9.50. The number of hydrogen-bond acceptors (Lipinski definition) is 6. The van der Waals surface area contributed by atoms with Gasteiger partial charge in [-0.3, -0.25) is 14.4 Å². The molecular weight excluding hydrogens is 624 g/mol. The highest BCUT2D eigenvalue weighted by atomic mass is 16.5. The zero-order chi connectivity index (χ0) is 36.5. The van der Waals surface area contributed by atoms with Gasteiger partial charge in [-0.1, -0.05) is 77.1 Å². The molecule has 5 saturated carbocycles. The lowest BCUT2D eigenvalue weighted by Gasteiger charge is -2.72. The summed E-state index contributed by atoms with van der Waals surface area (Å²) in [6.45, 7) is 22.9. The first kappa shape index (κ1) is 37.1. The molecule has 0 amide bonds. The topological polar surface area (TPSA) is 78.9 Å². The number of ether oxygens (including phenoxy) is 3. The Morgan fingerprint density at radius 2 is 1.54 bits per heavy atom. The molecule has 4 unspecified atom stereocenters. The van der Waals surface area contributed by atoms with Crippen molar-refractivity contribution in [2.24, 2.45) is 62.1 Å². The van der Waals surface area contributed by atoms with Crippen molar-refractivity contribution in [1.29, 1.82) is 0 Å². The van der Waals surface area contributed by atoms with Crippen LogP contribution in [0.15, 0.2) is 42.5 Å². The summed E-state index contributed by atoms with van der Waals surface area (Å²) in [5, 5.41) is 0. The minimum Gasteiger partial charge on any atom is -0.469 e. The molecule has 0 saturated heterocycles. The van der Waals surface area contributed by atoms with E-state index in [4.69, 9.17) is 14.2 Å². The fourth-order valence-electron chi connectivity index (χ4n) is 13.5. The summed E-state index contributed by atoms with van der Waals surface area (Å²) in [4.78, 5) is 39.9. The van der Waals surface area contributed by atoms with Gasteiger partial charge in [-0.15, -0.1) is 0 Å². The summed E-state index contributed by atoms with van der Waals surface area (Å²) in [5.41, 5.74) is 1.13. The lowest BCUT2D eigenvalue weighted by Crippen LogP contribution is -2.67. The molecule has 1 aromatic carbocycles. The summed E-state index contributed by atoms with van der Waals surface area (Å²) in [5.74, 6) is 1.38. The zero-order valence-corrected chi connectivity index (χ0v) is 32.5. The van der Waals surface area contributed by atoms with Crippen LogP contribution in [0.25, 0.3) is 0 Å². The van der Waals surface area contributed by atoms with E-state index in [1.165, 1.54) is 19.1 Å². The largest absolute Gasteiger partial charge is 0.469 e. The van der Waals surface area contributed by atoms with Gasteiger partial charge in [0.15, 0.2) is 0 Å². The Morgan fingerprint density at radius 1 is 0.840 bits per heavy atom. The average Bonchev–Trinajstić information content (AvgIpc) is 3.46. The van der Waals surface area contributed by atoms with Crippen LogP contribution in [0.2, 0.25) is 0 Å². The Balaban J connectivity index is 1.24. The number of esters is 3. The molecule has 0 bridgehead atoms. The van der Waals surface area contributed by atoms with Crippen LogP contribution >= 0.6 is 0 Å². The fourth-order valence-corrected chi connectivity index (χ4v) is 13.5. The fraction of sp³-hybridized carbons (Fsp3) is 0.750. The third kappa shape index (κ3) is 5.59. The van der Waals surface area contributed by atoms with E-state index in [-0.39, 0.29) is 52.0 Å². The van der Waals surface area contributed by atoms with Gasteiger partial charge >= 0.3 is 17.9 Å². The second-order valence-corrected chi connectivity index (χ2v) is 19.3. The smallest absolute Gasteiger partial charge is 0.312 e. The summed E-state index contributed by atoms with van der Waals surface area (Å²) >= 11 is 0. The molecule has 0 radical (unpaired) electrons. The minimum atomic E-state index is -0.918. The number of allylic oxidation sites excluding steroid dienone is 1. The minimum absolute atomic E-state index is 0.0161. The van der Waals surface area contributed by atoms with Gasteiger partial charge in [-0.05, 0) is 136 Å². The molecule has 0 spiro atoms. The van der Waals surface area contributed by atoms with Crippen LogP contribution in [0, 0.1) is 62.1 Å². The van der Waals surface area contributed by atoms with E-state index >= 15 is 0 Å². The molecular formula is C44H64O6. The monoisotopic (exact) mass is 688 g/mol. The molecule has 5 fully saturated rings. The second-order valence-electron chi connectivity index (χ2n) is 19.3. The van der Waals surface area contributed by atoms with Crippen LogP contribution < -0.4 is 0 Å². The van der Waals surface area contributed by atoms with Crippen molar-refractivity contribution in [1.82, 2.24) is 0 Å². The van der Waals surface area contributed by atoms with Gasteiger partial charge in [-0.25, -0.2) is 0 Å². The number of hydrogen-bond donors (Lipinski definition) is 0. The summed E-state index contributed by atoms with van der Waals surface area (Å²) in [6, 6.07) is 10.1. The van der Waals surface area contributed by atoms with Crippen molar-refractivity contribution < 1.29 is 28.6 Å². The van der Waals surface area contributed by atoms with Gasteiger partial charge in [0.25, 0.3) is 0 Å². The van der Waals surface area contributed by atoms with Gasteiger partial charge in [0.05, 0.1) is 24.4 Å². The number of rotatable bonds is 8. The summed E-state index contributed by atoms with van der Waals surface area (Å²) in [6.07, 6.45) is 10.2. The Labute approximate surface area is 301 Å². The van der Waals surface area contributed by atoms with Crippen molar-refractivity contribution >= 4 is 17.9 Å². The molecule has 6 nitrogen and oxygen atoms in total. The standard InChI is InChI=1S/C44H64O6/c1-28(2)30-18-23-44(38(47)49-27-29-14-12-11-13-15-29)25-24-42(8)31(36(30)44)16-17-33-41(7)21-20-34(40(5,6)32(41)19-22-43(33,42)9)50-35(45)26-39(3,4)37(46)48-10/h11-15,30-34,36H,1,16-27H2,2-10H3/t30-,31?,32?,33?,34-,36?,41-,42+,43+,44-/m0/s1. The van der Waals surface area contributed by atoms with E-state index in [1.54, 1.807) is 13.8 Å². The van der Waals surface area contributed by atoms with Crippen LogP contribution in [-0.2, 0) is 35.2 Å². The highest BCUT2D eigenvalue weighted by molar-refractivity contribution is 5.82. The number of carbonyl (C=O) groups is 3. The quantitative estimate of drug-likeness (QED) is 0.154. The molecule has 6 rings (SSSR count).